The highest BCUT2D eigenvalue weighted by Gasteiger charge is 2.57. The van der Waals surface area contributed by atoms with Crippen LogP contribution in [0.2, 0.25) is 0 Å². The zero-order valence-corrected chi connectivity index (χ0v) is 23.1. The molecule has 2 heterocycles. The molecular formula is C31H26F6N4O3. The predicted octanol–water partition coefficient (Wildman–Crippen LogP) is 5.52. The minimum atomic E-state index is -4.75. The van der Waals surface area contributed by atoms with Gasteiger partial charge in [0.2, 0.25) is 5.91 Å². The maximum Gasteiger partial charge on any atom is 0.416 e. The van der Waals surface area contributed by atoms with E-state index in [4.69, 9.17) is 0 Å². The molecule has 2 atom stereocenters. The summed E-state index contributed by atoms with van der Waals surface area (Å²) in [6, 6.07) is 10.8. The Hall–Kier alpha value is -4.42. The fraction of sp³-hybridized carbons (Fsp3) is 0.355. The Morgan fingerprint density at radius 1 is 1.00 bits per heavy atom. The quantitative estimate of drug-likeness (QED) is 0.370. The van der Waals surface area contributed by atoms with Gasteiger partial charge in [-0.2, -0.15) is 13.2 Å². The van der Waals surface area contributed by atoms with E-state index >= 15 is 0 Å². The van der Waals surface area contributed by atoms with Crippen molar-refractivity contribution in [3.8, 4) is 0 Å². The third-order valence-electron chi connectivity index (χ3n) is 8.51. The summed E-state index contributed by atoms with van der Waals surface area (Å²) in [7, 11) is 0. The van der Waals surface area contributed by atoms with Crippen molar-refractivity contribution in [2.75, 3.05) is 9.80 Å². The van der Waals surface area contributed by atoms with Crippen LogP contribution in [0.25, 0.3) is 0 Å². The number of rotatable bonds is 6. The first-order valence-corrected chi connectivity index (χ1v) is 14.0. The maximum absolute atomic E-state index is 14.7. The molecule has 0 unspecified atom stereocenters. The second kappa shape index (κ2) is 10.6. The molecule has 1 aliphatic heterocycles. The molecule has 1 saturated heterocycles. The number of pyridine rings is 1. The van der Waals surface area contributed by atoms with Crippen molar-refractivity contribution < 1.29 is 40.7 Å². The molecule has 3 aromatic rings. The number of benzene rings is 2. The SMILES string of the molecule is O=C1CC[C@@H](C(=O)N(c2cccc(F)c2)[C@]2(C(=O)NC3CC(F)(F)C3)CCc3ccccc32)N1c1cc(C(F)(F)F)ccn1. The third kappa shape index (κ3) is 5.07. The topological polar surface area (TPSA) is 82.6 Å². The van der Waals surface area contributed by atoms with Crippen LogP contribution < -0.4 is 15.1 Å². The monoisotopic (exact) mass is 616 g/mol. The molecule has 44 heavy (non-hydrogen) atoms. The van der Waals surface area contributed by atoms with Gasteiger partial charge in [0.15, 0.2) is 5.54 Å². The fourth-order valence-electron chi connectivity index (χ4n) is 6.46. The van der Waals surface area contributed by atoms with Crippen LogP contribution in [0.3, 0.4) is 0 Å². The lowest BCUT2D eigenvalue weighted by Crippen LogP contribution is -2.64. The van der Waals surface area contributed by atoms with Gasteiger partial charge in [-0.15, -0.1) is 0 Å². The molecule has 2 aromatic carbocycles. The first kappa shape index (κ1) is 29.6. The van der Waals surface area contributed by atoms with E-state index in [1.165, 1.54) is 12.1 Å². The van der Waals surface area contributed by atoms with Gasteiger partial charge in [0, 0.05) is 37.2 Å². The van der Waals surface area contributed by atoms with Crippen molar-refractivity contribution >= 4 is 29.2 Å². The van der Waals surface area contributed by atoms with Gasteiger partial charge in [-0.05, 0) is 60.7 Å². The standard InChI is InChI=1S/C31H26F6N4O3/c32-20-5-3-6-22(15-20)41(27(43)24-8-9-26(42)40(24)25-14-19(11-13-38-25)31(35,36)37)30(12-10-18-4-1-2-7-23(18)30)28(44)39-21-16-29(33,34)17-21/h1-7,11,13-15,21,24H,8-10,12,16-17H2,(H,39,44)/t24-,30+/m0/s1. The number of halogens is 6. The van der Waals surface area contributed by atoms with Crippen LogP contribution in [-0.2, 0) is 32.5 Å². The Labute approximate surface area is 247 Å². The van der Waals surface area contributed by atoms with Crippen LogP contribution in [0.4, 0.5) is 37.8 Å². The van der Waals surface area contributed by atoms with Crippen molar-refractivity contribution in [1.82, 2.24) is 10.3 Å². The lowest BCUT2D eigenvalue weighted by Gasteiger charge is -2.45. The summed E-state index contributed by atoms with van der Waals surface area (Å²) >= 11 is 0. The second-order valence-electron chi connectivity index (χ2n) is 11.3. The number of amides is 3. The third-order valence-corrected chi connectivity index (χ3v) is 8.51. The van der Waals surface area contributed by atoms with E-state index < -0.39 is 77.5 Å². The highest BCUT2D eigenvalue weighted by Crippen LogP contribution is 2.47. The molecule has 0 bridgehead atoms. The molecule has 13 heteroatoms. The lowest BCUT2D eigenvalue weighted by atomic mass is 9.83. The molecule has 3 amide bonds. The summed E-state index contributed by atoms with van der Waals surface area (Å²) in [4.78, 5) is 48.0. The Bertz CT molecular complexity index is 1640. The highest BCUT2D eigenvalue weighted by atomic mass is 19.4. The molecule has 230 valence electrons. The smallest absolute Gasteiger partial charge is 0.351 e. The second-order valence-corrected chi connectivity index (χ2v) is 11.3. The van der Waals surface area contributed by atoms with Crippen LogP contribution in [0.5, 0.6) is 0 Å². The van der Waals surface area contributed by atoms with Crippen LogP contribution >= 0.6 is 0 Å². The summed E-state index contributed by atoms with van der Waals surface area (Å²) in [6.07, 6.45) is -5.04. The van der Waals surface area contributed by atoms with Gasteiger partial charge < -0.3 is 5.32 Å². The summed E-state index contributed by atoms with van der Waals surface area (Å²) in [6.45, 7) is 0. The van der Waals surface area contributed by atoms with Crippen LogP contribution in [0, 0.1) is 5.82 Å². The average molecular weight is 617 g/mol. The number of anilines is 2. The van der Waals surface area contributed by atoms with E-state index in [0.29, 0.717) is 23.6 Å². The number of nitrogens with zero attached hydrogens (tertiary/aromatic N) is 3. The first-order chi connectivity index (χ1) is 20.8. The van der Waals surface area contributed by atoms with E-state index in [1.54, 1.807) is 24.3 Å². The minimum absolute atomic E-state index is 0.00597. The fourth-order valence-corrected chi connectivity index (χ4v) is 6.46. The molecule has 0 spiro atoms. The van der Waals surface area contributed by atoms with E-state index in [1.807, 2.05) is 0 Å². The van der Waals surface area contributed by atoms with E-state index in [9.17, 15) is 40.7 Å². The number of aryl methyl sites for hydroxylation is 1. The summed E-state index contributed by atoms with van der Waals surface area (Å²) in [5.41, 5.74) is -1.86. The molecule has 2 fully saturated rings. The van der Waals surface area contributed by atoms with Gasteiger partial charge in [-0.1, -0.05) is 30.3 Å². The molecule has 6 rings (SSSR count). The summed E-state index contributed by atoms with van der Waals surface area (Å²) in [5.74, 6) is -6.35. The number of hydrogen-bond donors (Lipinski definition) is 1. The van der Waals surface area contributed by atoms with Crippen molar-refractivity contribution in [3.63, 3.8) is 0 Å². The van der Waals surface area contributed by atoms with Crippen LogP contribution in [0.1, 0.15) is 48.8 Å². The number of carbonyl (C=O) groups is 3. The summed E-state index contributed by atoms with van der Waals surface area (Å²) < 4.78 is 82.7. The Morgan fingerprint density at radius 2 is 1.75 bits per heavy atom. The normalized spacial score (nSPS) is 22.8. The number of alkyl halides is 5. The van der Waals surface area contributed by atoms with Crippen LogP contribution in [-0.4, -0.2) is 40.7 Å². The van der Waals surface area contributed by atoms with Crippen molar-refractivity contribution in [3.05, 3.63) is 89.4 Å². The summed E-state index contributed by atoms with van der Waals surface area (Å²) in [5, 5.41) is 2.66. The van der Waals surface area contributed by atoms with Crippen LogP contribution in [0.15, 0.2) is 66.9 Å². The molecule has 1 saturated carbocycles. The van der Waals surface area contributed by atoms with Gasteiger partial charge >= 0.3 is 6.18 Å². The molecule has 1 aromatic heterocycles. The number of hydrogen-bond acceptors (Lipinski definition) is 4. The zero-order chi connectivity index (χ0) is 31.4. The average Bonchev–Trinajstić information content (AvgIpc) is 3.53. The molecule has 1 N–H and O–H groups in total. The van der Waals surface area contributed by atoms with Crippen molar-refractivity contribution in [2.24, 2.45) is 0 Å². The zero-order valence-electron chi connectivity index (χ0n) is 23.1. The Balaban J connectivity index is 1.48. The molecule has 0 radical (unpaired) electrons. The van der Waals surface area contributed by atoms with E-state index in [-0.39, 0.29) is 24.9 Å². The maximum atomic E-state index is 14.7. The molecule has 2 aliphatic carbocycles. The lowest BCUT2D eigenvalue weighted by molar-refractivity contribution is -0.138. The molecule has 7 nitrogen and oxygen atoms in total. The predicted molar refractivity (Wildman–Crippen MR) is 146 cm³/mol. The number of aromatic nitrogens is 1. The van der Waals surface area contributed by atoms with E-state index in [2.05, 4.69) is 10.3 Å². The van der Waals surface area contributed by atoms with Gasteiger partial charge in [-0.25, -0.2) is 18.2 Å². The first-order valence-electron chi connectivity index (χ1n) is 14.0. The largest absolute Gasteiger partial charge is 0.416 e. The van der Waals surface area contributed by atoms with Gasteiger partial charge in [-0.3, -0.25) is 24.2 Å². The van der Waals surface area contributed by atoms with Crippen molar-refractivity contribution in [2.45, 2.75) is 68.2 Å². The van der Waals surface area contributed by atoms with Gasteiger partial charge in [0.05, 0.1) is 5.56 Å². The Morgan fingerprint density at radius 3 is 2.45 bits per heavy atom. The van der Waals surface area contributed by atoms with Crippen molar-refractivity contribution in [1.29, 1.82) is 0 Å². The minimum Gasteiger partial charge on any atom is -0.351 e. The van der Waals surface area contributed by atoms with E-state index in [0.717, 1.165) is 34.2 Å². The number of carbonyl (C=O) groups excluding carboxylic acids is 3. The number of fused-ring (bicyclic) bond motifs is 1. The number of nitrogens with one attached hydrogen (secondary N) is 1. The highest BCUT2D eigenvalue weighted by molar-refractivity contribution is 6.12. The van der Waals surface area contributed by atoms with Gasteiger partial charge in [0.1, 0.15) is 17.7 Å². The van der Waals surface area contributed by atoms with Gasteiger partial charge in [0.25, 0.3) is 17.7 Å². The molecular weight excluding hydrogens is 590 g/mol. The molecule has 3 aliphatic rings. The Kier molecular flexibility index (Phi) is 7.16.